The van der Waals surface area contributed by atoms with Crippen molar-refractivity contribution in [2.75, 3.05) is 26.7 Å². The smallest absolute Gasteiger partial charge is 0.264 e. The molecule has 0 bridgehead atoms. The number of likely N-dealkylation sites (tertiary alicyclic amines) is 2. The Morgan fingerprint density at radius 3 is 2.34 bits per heavy atom. The maximum Gasteiger partial charge on any atom is 0.264 e. The lowest BCUT2D eigenvalue weighted by Crippen LogP contribution is -2.57. The van der Waals surface area contributed by atoms with Gasteiger partial charge in [-0.2, -0.15) is 0 Å². The van der Waals surface area contributed by atoms with Crippen LogP contribution < -0.4 is 19.5 Å². The van der Waals surface area contributed by atoms with Crippen LogP contribution in [0.2, 0.25) is 5.02 Å². The second-order valence-electron chi connectivity index (χ2n) is 17.2. The van der Waals surface area contributed by atoms with Gasteiger partial charge in [0.1, 0.15) is 29.2 Å². The van der Waals surface area contributed by atoms with E-state index in [1.54, 1.807) is 13.2 Å². The zero-order valence-corrected chi connectivity index (χ0v) is 36.4. The molecule has 0 radical (unpaired) electrons. The van der Waals surface area contributed by atoms with Gasteiger partial charge in [0.25, 0.3) is 15.9 Å². The predicted octanol–water partition coefficient (Wildman–Crippen LogP) is 6.54. The van der Waals surface area contributed by atoms with E-state index in [0.717, 1.165) is 24.8 Å². The lowest BCUT2D eigenvalue weighted by molar-refractivity contribution is -0.148. The number of piperidine rings is 1. The molecule has 7 rings (SSSR count). The minimum atomic E-state index is -4.35. The zero-order valence-electron chi connectivity index (χ0n) is 34.9. The third-order valence-electron chi connectivity index (χ3n) is 12.0. The van der Waals surface area contributed by atoms with Gasteiger partial charge in [-0.3, -0.25) is 19.2 Å². The first-order valence-corrected chi connectivity index (χ1v) is 22.5. The van der Waals surface area contributed by atoms with Gasteiger partial charge in [0.05, 0.1) is 35.7 Å². The standard InChI is InChI=1S/C46H52ClN5O8S/c1-6-30-27-46(30,44(56)50-61(57,58)34-18-15-31(47)16-19-34)49-42(54)39-24-33(28-52(39)43(55)36(45(2,3)4)25-41(53)51-21-11-8-12-22-51)60-40-26-37(29-13-9-7-10-14-29)48-38-23-32(59-5)17-20-35(38)40/h6-7,9-10,13-20,23,26,30,33,36,39H,1,8,11-12,21-22,24-25,27-28H2,2-5H3,(H,49,54)(H,50,56)/t30-,33+,36+,39-,46+/m0/s1. The molecule has 1 aliphatic carbocycles. The van der Waals surface area contributed by atoms with Crippen LogP contribution in [0.3, 0.4) is 0 Å². The molecule has 3 aliphatic rings. The Morgan fingerprint density at radius 1 is 1.00 bits per heavy atom. The quantitative estimate of drug-likeness (QED) is 0.142. The van der Waals surface area contributed by atoms with Crippen molar-refractivity contribution in [3.63, 3.8) is 0 Å². The van der Waals surface area contributed by atoms with Gasteiger partial charge in [-0.25, -0.2) is 18.1 Å². The number of pyridine rings is 1. The van der Waals surface area contributed by atoms with E-state index in [-0.39, 0.29) is 36.6 Å². The number of sulfonamides is 1. The summed E-state index contributed by atoms with van der Waals surface area (Å²) in [7, 11) is -2.77. The van der Waals surface area contributed by atoms with Crippen molar-refractivity contribution in [2.45, 2.75) is 81.9 Å². The maximum absolute atomic E-state index is 15.0. The molecule has 1 saturated carbocycles. The Balaban J connectivity index is 1.21. The highest BCUT2D eigenvalue weighted by atomic mass is 35.5. The summed E-state index contributed by atoms with van der Waals surface area (Å²) in [4.78, 5) is 65.3. The Labute approximate surface area is 361 Å². The van der Waals surface area contributed by atoms with E-state index < -0.39 is 62.7 Å². The maximum atomic E-state index is 15.0. The van der Waals surface area contributed by atoms with Gasteiger partial charge < -0.3 is 24.6 Å². The summed E-state index contributed by atoms with van der Waals surface area (Å²) < 4.78 is 41.0. The first-order chi connectivity index (χ1) is 29.0. The summed E-state index contributed by atoms with van der Waals surface area (Å²) in [5, 5.41) is 3.86. The van der Waals surface area contributed by atoms with Gasteiger partial charge in [0, 0.05) is 60.0 Å². The SMILES string of the molecule is C=C[C@H]1C[C@]1(NC(=O)[C@@H]1C[C@@H](Oc2cc(-c3ccccc3)nc3cc(OC)ccc23)CN1C(=O)[C@@H](CC(=O)N1CCCCC1)C(C)(C)C)C(=O)NS(=O)(=O)c1ccc(Cl)cc1. The van der Waals surface area contributed by atoms with Crippen molar-refractivity contribution in [2.24, 2.45) is 17.3 Å². The van der Waals surface area contributed by atoms with Gasteiger partial charge in [-0.05, 0) is 67.5 Å². The number of halogens is 1. The molecular formula is C46H52ClN5O8S. The average molecular weight is 870 g/mol. The van der Waals surface area contributed by atoms with E-state index in [1.807, 2.05) is 74.2 Å². The molecule has 15 heteroatoms. The fourth-order valence-electron chi connectivity index (χ4n) is 8.35. The van der Waals surface area contributed by atoms with Crippen LogP contribution in [-0.2, 0) is 29.2 Å². The molecular weight excluding hydrogens is 818 g/mol. The van der Waals surface area contributed by atoms with Crippen LogP contribution in [0.4, 0.5) is 0 Å². The molecule has 0 unspecified atom stereocenters. The first-order valence-electron chi connectivity index (χ1n) is 20.6. The lowest BCUT2D eigenvalue weighted by Gasteiger charge is -2.36. The number of benzene rings is 3. The second kappa shape index (κ2) is 17.5. The number of carbonyl (C=O) groups is 4. The highest BCUT2D eigenvalue weighted by Crippen LogP contribution is 2.46. The van der Waals surface area contributed by atoms with E-state index in [1.165, 1.54) is 35.2 Å². The lowest BCUT2D eigenvalue weighted by atomic mass is 9.77. The predicted molar refractivity (Wildman–Crippen MR) is 232 cm³/mol. The van der Waals surface area contributed by atoms with Crippen molar-refractivity contribution in [1.82, 2.24) is 24.8 Å². The molecule has 4 aromatic rings. The summed E-state index contributed by atoms with van der Waals surface area (Å²) in [6.07, 6.45) is 3.72. The number of methoxy groups -OCH3 is 1. The Hall–Kier alpha value is -5.47. The minimum absolute atomic E-state index is 0.00290. The number of carbonyl (C=O) groups excluding carboxylic acids is 4. The molecule has 1 aromatic heterocycles. The third-order valence-corrected chi connectivity index (χ3v) is 13.6. The van der Waals surface area contributed by atoms with Crippen molar-refractivity contribution in [3.05, 3.63) is 96.5 Å². The molecule has 0 spiro atoms. The molecule has 2 N–H and O–H groups in total. The number of aromatic nitrogens is 1. The normalized spacial score (nSPS) is 22.0. The summed E-state index contributed by atoms with van der Waals surface area (Å²) in [6, 6.07) is 21.1. The van der Waals surface area contributed by atoms with Crippen molar-refractivity contribution >= 4 is 56.2 Å². The second-order valence-corrected chi connectivity index (χ2v) is 19.3. The number of rotatable bonds is 13. The number of nitrogens with one attached hydrogen (secondary N) is 2. The van der Waals surface area contributed by atoms with E-state index >= 15 is 0 Å². The molecule has 2 saturated heterocycles. The molecule has 2 aliphatic heterocycles. The van der Waals surface area contributed by atoms with Crippen LogP contribution in [0, 0.1) is 17.3 Å². The molecule has 13 nitrogen and oxygen atoms in total. The van der Waals surface area contributed by atoms with Crippen molar-refractivity contribution < 1.29 is 37.1 Å². The monoisotopic (exact) mass is 869 g/mol. The number of hydrogen-bond donors (Lipinski definition) is 2. The van der Waals surface area contributed by atoms with E-state index in [2.05, 4.69) is 16.6 Å². The third kappa shape index (κ3) is 9.40. The zero-order chi connectivity index (χ0) is 43.7. The molecule has 5 atom stereocenters. The van der Waals surface area contributed by atoms with Gasteiger partial charge in [0.15, 0.2) is 0 Å². The van der Waals surface area contributed by atoms with Crippen molar-refractivity contribution in [1.29, 1.82) is 0 Å². The Morgan fingerprint density at radius 2 is 1.70 bits per heavy atom. The number of nitrogens with zero attached hydrogens (tertiary/aromatic N) is 3. The molecule has 3 aromatic carbocycles. The first kappa shape index (κ1) is 43.6. The van der Waals surface area contributed by atoms with Crippen LogP contribution in [0.5, 0.6) is 11.5 Å². The molecule has 3 heterocycles. The van der Waals surface area contributed by atoms with E-state index in [0.29, 0.717) is 46.2 Å². The van der Waals surface area contributed by atoms with Crippen LogP contribution in [0.25, 0.3) is 22.2 Å². The van der Waals surface area contributed by atoms with Crippen LogP contribution in [-0.4, -0.2) is 91.3 Å². The molecule has 4 amide bonds. The fourth-order valence-corrected chi connectivity index (χ4v) is 9.51. The summed E-state index contributed by atoms with van der Waals surface area (Å²) in [5.74, 6) is -2.39. The highest BCUT2D eigenvalue weighted by Gasteiger charge is 2.61. The molecule has 3 fully saturated rings. The Bertz CT molecular complexity index is 2440. The van der Waals surface area contributed by atoms with E-state index in [9.17, 15) is 27.6 Å². The van der Waals surface area contributed by atoms with Gasteiger partial charge in [-0.1, -0.05) is 68.8 Å². The van der Waals surface area contributed by atoms with Crippen LogP contribution >= 0.6 is 11.6 Å². The van der Waals surface area contributed by atoms with E-state index in [4.69, 9.17) is 26.1 Å². The number of hydrogen-bond acceptors (Lipinski definition) is 9. The van der Waals surface area contributed by atoms with Crippen LogP contribution in [0.15, 0.2) is 96.4 Å². The summed E-state index contributed by atoms with van der Waals surface area (Å²) >= 11 is 5.97. The number of ether oxygens (including phenoxy) is 2. The largest absolute Gasteiger partial charge is 0.497 e. The summed E-state index contributed by atoms with van der Waals surface area (Å²) in [5.41, 5.74) is -0.205. The molecule has 322 valence electrons. The topological polar surface area (TPSA) is 164 Å². The average Bonchev–Trinajstić information content (AvgIpc) is 3.81. The van der Waals surface area contributed by atoms with Gasteiger partial charge in [0.2, 0.25) is 17.7 Å². The van der Waals surface area contributed by atoms with Crippen LogP contribution in [0.1, 0.15) is 59.3 Å². The van der Waals surface area contributed by atoms with Gasteiger partial charge >= 0.3 is 0 Å². The minimum Gasteiger partial charge on any atom is -0.497 e. The number of fused-ring (bicyclic) bond motifs is 1. The number of amides is 4. The summed E-state index contributed by atoms with van der Waals surface area (Å²) in [6.45, 7) is 10.8. The fraction of sp³-hybridized carbons (Fsp3) is 0.413. The Kier molecular flexibility index (Phi) is 12.5. The van der Waals surface area contributed by atoms with Gasteiger partial charge in [-0.15, -0.1) is 6.58 Å². The highest BCUT2D eigenvalue weighted by molar-refractivity contribution is 7.90. The van der Waals surface area contributed by atoms with Crippen molar-refractivity contribution in [3.8, 4) is 22.8 Å². The molecule has 61 heavy (non-hydrogen) atoms.